The molecule has 5 atom stereocenters. The first-order valence-corrected chi connectivity index (χ1v) is 13.3. The molecule has 0 aromatic carbocycles. The van der Waals surface area contributed by atoms with Crippen LogP contribution in [-0.4, -0.2) is 45.3 Å². The summed E-state index contributed by atoms with van der Waals surface area (Å²) in [6.07, 6.45) is 4.15. The summed E-state index contributed by atoms with van der Waals surface area (Å²) in [5, 5.41) is 24.4. The third kappa shape index (κ3) is 8.07. The maximum Gasteiger partial charge on any atom is 0.309 e. The number of aliphatic hydroxyl groups excluding tert-OH is 2. The van der Waals surface area contributed by atoms with E-state index < -0.39 is 35.6 Å². The summed E-state index contributed by atoms with van der Waals surface area (Å²) >= 11 is 1.48. The summed E-state index contributed by atoms with van der Waals surface area (Å²) in [7, 11) is 0. The molecule has 2 rings (SSSR count). The minimum atomic E-state index is -1.23. The molecule has 0 aliphatic carbocycles. The number of nitrogens with two attached hydrogens (primary N) is 1. The molecule has 1 aliphatic rings. The number of hydrogen-bond donors (Lipinski definition) is 3. The van der Waals surface area contributed by atoms with Crippen LogP contribution in [0.2, 0.25) is 0 Å². The third-order valence-corrected chi connectivity index (χ3v) is 8.04. The number of nitrogens with zero attached hydrogens (tertiary/aromatic N) is 1. The van der Waals surface area contributed by atoms with Crippen LogP contribution in [0.15, 0.2) is 22.6 Å². The molecule has 0 saturated heterocycles. The van der Waals surface area contributed by atoms with E-state index in [0.29, 0.717) is 13.0 Å². The topological polar surface area (TPSA) is 123 Å². The molecular formula is C27H42N2O5S. The summed E-state index contributed by atoms with van der Waals surface area (Å²) < 4.78 is 5.81. The van der Waals surface area contributed by atoms with Crippen molar-refractivity contribution in [3.05, 3.63) is 33.3 Å². The van der Waals surface area contributed by atoms with Gasteiger partial charge in [-0.25, -0.2) is 4.98 Å². The minimum Gasteiger partial charge on any atom is -0.457 e. The molecule has 1 unspecified atom stereocenters. The fraction of sp³-hybridized carbons (Fsp3) is 0.667. The van der Waals surface area contributed by atoms with Crippen molar-refractivity contribution in [2.75, 3.05) is 0 Å². The highest BCUT2D eigenvalue weighted by Gasteiger charge is 2.42. The van der Waals surface area contributed by atoms with Crippen molar-refractivity contribution in [1.82, 2.24) is 4.98 Å². The number of allylic oxidation sites excluding steroid dienone is 1. The smallest absolute Gasteiger partial charge is 0.309 e. The largest absolute Gasteiger partial charge is 0.457 e. The average molecular weight is 507 g/mol. The number of ketones is 1. The van der Waals surface area contributed by atoms with Gasteiger partial charge in [-0.05, 0) is 50.7 Å². The number of hydrogen-bond acceptors (Lipinski definition) is 8. The molecule has 0 radical (unpaired) electrons. The quantitative estimate of drug-likeness (QED) is 0.410. The van der Waals surface area contributed by atoms with E-state index in [9.17, 15) is 19.8 Å². The van der Waals surface area contributed by atoms with Crippen molar-refractivity contribution in [3.63, 3.8) is 0 Å². The predicted molar refractivity (Wildman–Crippen MR) is 140 cm³/mol. The van der Waals surface area contributed by atoms with Gasteiger partial charge in [-0.3, -0.25) is 9.59 Å². The first-order valence-electron chi connectivity index (χ1n) is 12.4. The number of carbonyl (C=O) groups excluding carboxylic acids is 2. The second-order valence-corrected chi connectivity index (χ2v) is 11.4. The first kappa shape index (κ1) is 29.4. The highest BCUT2D eigenvalue weighted by atomic mass is 32.1. The lowest BCUT2D eigenvalue weighted by Crippen LogP contribution is -2.45. The molecule has 4 N–H and O–H groups in total. The molecule has 1 aliphatic heterocycles. The van der Waals surface area contributed by atoms with E-state index in [2.05, 4.69) is 18.0 Å². The molecule has 0 bridgehead atoms. The SMILES string of the molecule is C/C1=C/CC(/C(C)=C/c2csc(CN)n2)OC(=O)C[C@H](O)C(C)(C)C(=O)[C@H](C)[C@@H](O)[C@@H](C)CCC1. The number of Topliss-reactive ketones (excluding diaryl/α,β-unsaturated/α-hetero) is 1. The Balaban J connectivity index is 2.33. The molecule has 8 heteroatoms. The fourth-order valence-electron chi connectivity index (χ4n) is 4.44. The Kier molecular flexibility index (Phi) is 10.8. The number of carbonyl (C=O) groups is 2. The summed E-state index contributed by atoms with van der Waals surface area (Å²) in [6, 6.07) is 0. The second-order valence-electron chi connectivity index (χ2n) is 10.5. The molecule has 0 saturated carbocycles. The predicted octanol–water partition coefficient (Wildman–Crippen LogP) is 4.42. The fourth-order valence-corrected chi connectivity index (χ4v) is 5.07. The average Bonchev–Trinajstić information content (AvgIpc) is 3.26. The highest BCUT2D eigenvalue weighted by Crippen LogP contribution is 2.32. The molecule has 0 fully saturated rings. The van der Waals surface area contributed by atoms with Crippen LogP contribution in [-0.2, 0) is 20.9 Å². The molecule has 1 aromatic heterocycles. The van der Waals surface area contributed by atoms with E-state index in [-0.39, 0.29) is 18.1 Å². The van der Waals surface area contributed by atoms with Crippen LogP contribution < -0.4 is 5.73 Å². The van der Waals surface area contributed by atoms with Gasteiger partial charge >= 0.3 is 5.97 Å². The van der Waals surface area contributed by atoms with Crippen LogP contribution in [0.1, 0.15) is 84.3 Å². The summed E-state index contributed by atoms with van der Waals surface area (Å²) in [5.41, 5.74) is 7.26. The van der Waals surface area contributed by atoms with Gasteiger partial charge < -0.3 is 20.7 Å². The maximum atomic E-state index is 13.2. The van der Waals surface area contributed by atoms with Crippen LogP contribution in [0, 0.1) is 17.3 Å². The van der Waals surface area contributed by atoms with Gasteiger partial charge in [0.25, 0.3) is 0 Å². The van der Waals surface area contributed by atoms with Gasteiger partial charge in [-0.1, -0.05) is 39.3 Å². The summed E-state index contributed by atoms with van der Waals surface area (Å²) in [4.78, 5) is 30.5. The van der Waals surface area contributed by atoms with Gasteiger partial charge in [-0.2, -0.15) is 0 Å². The standard InChI is InChI=1S/C27H42N2O5S/c1-16-8-7-9-17(2)25(32)19(4)26(33)27(5,6)22(30)13-24(31)34-21(11-10-16)18(3)12-20-15-35-23(14-28)29-20/h10,12,15,17,19,21-22,25,30,32H,7-9,11,13-14,28H2,1-6H3/b16-10-,18-12+/t17-,19+,21?,22-,25-/m0/s1. The van der Waals surface area contributed by atoms with Crippen molar-refractivity contribution >= 4 is 29.2 Å². The van der Waals surface area contributed by atoms with Crippen LogP contribution in [0.25, 0.3) is 6.08 Å². The molecule has 2 heterocycles. The number of aliphatic hydroxyl groups is 2. The van der Waals surface area contributed by atoms with Gasteiger partial charge in [0.05, 0.1) is 29.7 Å². The van der Waals surface area contributed by atoms with E-state index in [1.807, 2.05) is 25.3 Å². The first-order chi connectivity index (χ1) is 16.4. The van der Waals surface area contributed by atoms with E-state index in [4.69, 9.17) is 10.5 Å². The van der Waals surface area contributed by atoms with Gasteiger partial charge in [0, 0.05) is 24.3 Å². The molecule has 0 spiro atoms. The van der Waals surface area contributed by atoms with Gasteiger partial charge in [-0.15, -0.1) is 11.3 Å². The maximum absolute atomic E-state index is 13.2. The molecule has 1 aromatic rings. The van der Waals surface area contributed by atoms with Gasteiger partial charge in [0.2, 0.25) is 0 Å². The number of aromatic nitrogens is 1. The lowest BCUT2D eigenvalue weighted by Gasteiger charge is -2.34. The van der Waals surface area contributed by atoms with Crippen molar-refractivity contribution in [2.24, 2.45) is 23.0 Å². The van der Waals surface area contributed by atoms with Crippen molar-refractivity contribution in [3.8, 4) is 0 Å². The number of thiazole rings is 1. The van der Waals surface area contributed by atoms with E-state index >= 15 is 0 Å². The zero-order valence-electron chi connectivity index (χ0n) is 21.9. The Bertz CT molecular complexity index is 936. The summed E-state index contributed by atoms with van der Waals surface area (Å²) in [5.74, 6) is -1.53. The molecule has 196 valence electrons. The summed E-state index contributed by atoms with van der Waals surface area (Å²) in [6.45, 7) is 11.2. The van der Waals surface area contributed by atoms with Crippen molar-refractivity contribution in [1.29, 1.82) is 0 Å². The Morgan fingerprint density at radius 1 is 1.31 bits per heavy atom. The van der Waals surface area contributed by atoms with Crippen LogP contribution in [0.3, 0.4) is 0 Å². The number of cyclic esters (lactones) is 1. The van der Waals surface area contributed by atoms with Crippen LogP contribution >= 0.6 is 11.3 Å². The molecule has 7 nitrogen and oxygen atoms in total. The van der Waals surface area contributed by atoms with Crippen molar-refractivity contribution in [2.45, 2.75) is 98.5 Å². The van der Waals surface area contributed by atoms with E-state index in [1.54, 1.807) is 20.8 Å². The Morgan fingerprint density at radius 2 is 2.00 bits per heavy atom. The minimum absolute atomic E-state index is 0.0537. The van der Waals surface area contributed by atoms with E-state index in [0.717, 1.165) is 35.5 Å². The van der Waals surface area contributed by atoms with E-state index in [1.165, 1.54) is 16.9 Å². The van der Waals surface area contributed by atoms with Crippen LogP contribution in [0.5, 0.6) is 0 Å². The van der Waals surface area contributed by atoms with Crippen LogP contribution in [0.4, 0.5) is 0 Å². The molecular weight excluding hydrogens is 464 g/mol. The second kappa shape index (κ2) is 12.9. The Morgan fingerprint density at radius 3 is 2.63 bits per heavy atom. The van der Waals surface area contributed by atoms with Gasteiger partial charge in [0.15, 0.2) is 0 Å². The number of esters is 1. The lowest BCUT2D eigenvalue weighted by atomic mass is 9.73. The Labute approximate surface area is 213 Å². The Hall–Kier alpha value is -1.87. The zero-order chi connectivity index (χ0) is 26.3. The lowest BCUT2D eigenvalue weighted by molar-refractivity contribution is -0.154. The van der Waals surface area contributed by atoms with Gasteiger partial charge in [0.1, 0.15) is 16.9 Å². The number of ether oxygens (including phenoxy) is 1. The molecule has 0 amide bonds. The highest BCUT2D eigenvalue weighted by molar-refractivity contribution is 7.09. The van der Waals surface area contributed by atoms with Crippen molar-refractivity contribution < 1.29 is 24.5 Å². The monoisotopic (exact) mass is 506 g/mol. The zero-order valence-corrected chi connectivity index (χ0v) is 22.7. The number of rotatable bonds is 3. The molecule has 35 heavy (non-hydrogen) atoms. The normalized spacial score (nSPS) is 31.5. The third-order valence-electron chi connectivity index (χ3n) is 7.15.